The van der Waals surface area contributed by atoms with Gasteiger partial charge in [0.15, 0.2) is 16.7 Å². The van der Waals surface area contributed by atoms with Crippen LogP contribution in [0.3, 0.4) is 0 Å². The summed E-state index contributed by atoms with van der Waals surface area (Å²) in [6, 6.07) is 10.8. The molecule has 0 radical (unpaired) electrons. The van der Waals surface area contributed by atoms with E-state index in [2.05, 4.69) is 9.97 Å². The molecule has 0 aliphatic heterocycles. The molecule has 2 aromatic carbocycles. The zero-order valence-corrected chi connectivity index (χ0v) is 19.7. The Morgan fingerprint density at radius 3 is 2.64 bits per heavy atom. The smallest absolute Gasteiger partial charge is 0.283 e. The Hall–Kier alpha value is -3.63. The van der Waals surface area contributed by atoms with Crippen LogP contribution in [0.25, 0.3) is 23.4 Å². The third-order valence-corrected chi connectivity index (χ3v) is 6.73. The van der Waals surface area contributed by atoms with Crippen LogP contribution < -0.4 is 9.47 Å². The first-order valence-electron chi connectivity index (χ1n) is 9.78. The minimum absolute atomic E-state index is 0.0373. The summed E-state index contributed by atoms with van der Waals surface area (Å²) in [5.41, 5.74) is 2.48. The fraction of sp³-hybridized carbons (Fsp3) is 0.130. The number of rotatable bonds is 8. The number of nitro benzene ring substituents is 1. The van der Waals surface area contributed by atoms with Gasteiger partial charge in [-0.15, -0.1) is 11.3 Å². The lowest BCUT2D eigenvalue weighted by Gasteiger charge is -2.08. The molecule has 168 valence electrons. The molecule has 0 fully saturated rings. The highest BCUT2D eigenvalue weighted by Gasteiger charge is 2.17. The molecule has 0 N–H and O–H groups in total. The van der Waals surface area contributed by atoms with Crippen LogP contribution in [-0.2, 0) is 7.05 Å². The van der Waals surface area contributed by atoms with E-state index in [0.717, 1.165) is 16.3 Å². The van der Waals surface area contributed by atoms with E-state index in [1.54, 1.807) is 38.7 Å². The lowest BCUT2D eigenvalue weighted by Crippen LogP contribution is -1.94. The first-order chi connectivity index (χ1) is 16.0. The van der Waals surface area contributed by atoms with Gasteiger partial charge >= 0.3 is 0 Å². The number of aryl methyl sites for hydroxylation is 1. The maximum absolute atomic E-state index is 11.6. The number of aromatic nitrogens is 3. The van der Waals surface area contributed by atoms with E-state index in [9.17, 15) is 10.1 Å². The largest absolute Gasteiger partial charge is 0.493 e. The van der Waals surface area contributed by atoms with Crippen molar-refractivity contribution in [1.82, 2.24) is 14.5 Å². The molecule has 0 atom stereocenters. The Kier molecular flexibility index (Phi) is 6.76. The molecular weight excluding hydrogens is 460 g/mol. The maximum atomic E-state index is 11.6. The van der Waals surface area contributed by atoms with Crippen molar-refractivity contribution in [2.45, 2.75) is 10.1 Å². The van der Waals surface area contributed by atoms with Crippen molar-refractivity contribution in [3.05, 3.63) is 74.9 Å². The summed E-state index contributed by atoms with van der Waals surface area (Å²) in [6.45, 7) is 0. The molecule has 2 aromatic heterocycles. The standard InChI is InChI=1S/C23H20N4O4S2/c1-26-11-10-24-23(26)33-21-8-4-15(12-18(21)27(28)29)5-9-22-25-17(14-32-22)16-6-7-19(30-2)20(13-16)31-3/h4-14H,1-3H3. The van der Waals surface area contributed by atoms with E-state index in [0.29, 0.717) is 27.1 Å². The van der Waals surface area contributed by atoms with Gasteiger partial charge in [0, 0.05) is 36.5 Å². The summed E-state index contributed by atoms with van der Waals surface area (Å²) in [7, 11) is 5.04. The number of thiazole rings is 1. The number of ether oxygens (including phenoxy) is 2. The second-order valence-corrected chi connectivity index (χ2v) is 8.78. The summed E-state index contributed by atoms with van der Waals surface area (Å²) >= 11 is 2.75. The Balaban J connectivity index is 1.55. The van der Waals surface area contributed by atoms with Crippen LogP contribution in [0.4, 0.5) is 5.69 Å². The molecule has 8 nitrogen and oxygen atoms in total. The van der Waals surface area contributed by atoms with Gasteiger partial charge in [-0.25, -0.2) is 9.97 Å². The fourth-order valence-corrected chi connectivity index (χ4v) is 4.68. The summed E-state index contributed by atoms with van der Waals surface area (Å²) in [4.78, 5) is 20.7. The monoisotopic (exact) mass is 480 g/mol. The van der Waals surface area contributed by atoms with Gasteiger partial charge in [-0.3, -0.25) is 10.1 Å². The molecular formula is C23H20N4O4S2. The number of benzene rings is 2. The third-order valence-electron chi connectivity index (χ3n) is 4.78. The quantitative estimate of drug-likeness (QED) is 0.233. The van der Waals surface area contributed by atoms with Crippen LogP contribution in [0.15, 0.2) is 64.2 Å². The number of methoxy groups -OCH3 is 2. The summed E-state index contributed by atoms with van der Waals surface area (Å²) in [5.74, 6) is 1.29. The molecule has 10 heteroatoms. The Labute approximate surface area is 198 Å². The van der Waals surface area contributed by atoms with Crippen LogP contribution in [0, 0.1) is 10.1 Å². The molecule has 0 saturated carbocycles. The van der Waals surface area contributed by atoms with Gasteiger partial charge in [0.1, 0.15) is 5.01 Å². The topological polar surface area (TPSA) is 92.3 Å². The Morgan fingerprint density at radius 1 is 1.12 bits per heavy atom. The van der Waals surface area contributed by atoms with E-state index in [1.807, 2.05) is 53.4 Å². The van der Waals surface area contributed by atoms with Gasteiger partial charge in [0.25, 0.3) is 5.69 Å². The van der Waals surface area contributed by atoms with E-state index >= 15 is 0 Å². The van der Waals surface area contributed by atoms with Gasteiger partial charge in [0.05, 0.1) is 29.7 Å². The second-order valence-electron chi connectivity index (χ2n) is 6.88. The highest BCUT2D eigenvalue weighted by molar-refractivity contribution is 7.99. The minimum Gasteiger partial charge on any atom is -0.493 e. The van der Waals surface area contributed by atoms with Crippen molar-refractivity contribution in [2.75, 3.05) is 14.2 Å². The predicted octanol–water partition coefficient (Wildman–Crippen LogP) is 5.79. The number of hydrogen-bond donors (Lipinski definition) is 0. The zero-order chi connectivity index (χ0) is 23.4. The highest BCUT2D eigenvalue weighted by atomic mass is 32.2. The van der Waals surface area contributed by atoms with Crippen LogP contribution >= 0.6 is 23.1 Å². The molecule has 33 heavy (non-hydrogen) atoms. The van der Waals surface area contributed by atoms with Gasteiger partial charge in [0.2, 0.25) is 0 Å². The van der Waals surface area contributed by atoms with Crippen LogP contribution in [0.1, 0.15) is 10.6 Å². The number of imidazole rings is 1. The lowest BCUT2D eigenvalue weighted by atomic mass is 10.1. The van der Waals surface area contributed by atoms with Gasteiger partial charge in [-0.05, 0) is 47.7 Å². The molecule has 2 heterocycles. The normalized spacial score (nSPS) is 11.1. The average Bonchev–Trinajstić information content (AvgIpc) is 3.47. The summed E-state index contributed by atoms with van der Waals surface area (Å²) < 4.78 is 12.5. The highest BCUT2D eigenvalue weighted by Crippen LogP contribution is 2.35. The molecule has 4 aromatic rings. The third kappa shape index (κ3) is 5.07. The Bertz CT molecular complexity index is 1330. The predicted molar refractivity (Wildman–Crippen MR) is 130 cm³/mol. The summed E-state index contributed by atoms with van der Waals surface area (Å²) in [5, 5.41) is 15.1. The number of hydrogen-bond acceptors (Lipinski definition) is 8. The van der Waals surface area contributed by atoms with Crippen molar-refractivity contribution in [1.29, 1.82) is 0 Å². The van der Waals surface area contributed by atoms with Crippen molar-refractivity contribution in [3.63, 3.8) is 0 Å². The molecule has 0 aliphatic rings. The molecule has 0 unspecified atom stereocenters. The van der Waals surface area contributed by atoms with Gasteiger partial charge in [-0.2, -0.15) is 0 Å². The second kappa shape index (κ2) is 9.88. The number of nitrogens with zero attached hydrogens (tertiary/aromatic N) is 4. The maximum Gasteiger partial charge on any atom is 0.283 e. The molecule has 0 amide bonds. The first-order valence-corrected chi connectivity index (χ1v) is 11.5. The molecule has 0 spiro atoms. The first kappa shape index (κ1) is 22.6. The van der Waals surface area contributed by atoms with Crippen LogP contribution in [0.2, 0.25) is 0 Å². The number of nitro groups is 1. The average molecular weight is 481 g/mol. The van der Waals surface area contributed by atoms with Crippen LogP contribution in [-0.4, -0.2) is 33.7 Å². The Morgan fingerprint density at radius 2 is 1.94 bits per heavy atom. The van der Waals surface area contributed by atoms with Crippen molar-refractivity contribution in [3.8, 4) is 22.8 Å². The van der Waals surface area contributed by atoms with Crippen molar-refractivity contribution in [2.24, 2.45) is 7.05 Å². The SMILES string of the molecule is COc1ccc(-c2csc(C=Cc3ccc(Sc4nccn4C)c([N+](=O)[O-])c3)n2)cc1OC. The molecule has 0 aliphatic carbocycles. The van der Waals surface area contributed by atoms with E-state index < -0.39 is 0 Å². The fourth-order valence-electron chi connectivity index (χ4n) is 3.08. The molecule has 0 saturated heterocycles. The molecule has 0 bridgehead atoms. The van der Waals surface area contributed by atoms with Gasteiger partial charge in [-0.1, -0.05) is 12.1 Å². The van der Waals surface area contributed by atoms with Crippen molar-refractivity contribution >= 4 is 40.9 Å². The lowest BCUT2D eigenvalue weighted by molar-refractivity contribution is -0.387. The van der Waals surface area contributed by atoms with Crippen molar-refractivity contribution < 1.29 is 14.4 Å². The minimum atomic E-state index is -0.374. The van der Waals surface area contributed by atoms with E-state index in [-0.39, 0.29) is 10.6 Å². The molecule has 4 rings (SSSR count). The van der Waals surface area contributed by atoms with E-state index in [1.165, 1.54) is 23.1 Å². The van der Waals surface area contributed by atoms with Crippen LogP contribution in [0.5, 0.6) is 11.5 Å². The zero-order valence-electron chi connectivity index (χ0n) is 18.1. The van der Waals surface area contributed by atoms with E-state index in [4.69, 9.17) is 9.47 Å². The summed E-state index contributed by atoms with van der Waals surface area (Å²) in [6.07, 6.45) is 7.13. The van der Waals surface area contributed by atoms with Gasteiger partial charge < -0.3 is 14.0 Å².